The largest absolute Gasteiger partial charge is 0.354 e. The van der Waals surface area contributed by atoms with E-state index in [1.165, 1.54) is 47.4 Å². The zero-order chi connectivity index (χ0) is 31.5. The van der Waals surface area contributed by atoms with Gasteiger partial charge in [-0.3, -0.25) is 13.9 Å². The Balaban J connectivity index is 1.78. The minimum atomic E-state index is -4.23. The molecule has 0 aliphatic heterocycles. The second kappa shape index (κ2) is 15.5. The van der Waals surface area contributed by atoms with Gasteiger partial charge in [0, 0.05) is 30.1 Å². The van der Waals surface area contributed by atoms with E-state index in [2.05, 4.69) is 5.32 Å². The molecule has 4 rings (SSSR count). The summed E-state index contributed by atoms with van der Waals surface area (Å²) in [4.78, 5) is 29.3. The molecule has 4 aromatic rings. The Morgan fingerprint density at radius 3 is 2.11 bits per heavy atom. The quantitative estimate of drug-likeness (QED) is 0.166. The van der Waals surface area contributed by atoms with Gasteiger partial charge >= 0.3 is 0 Å². The Bertz CT molecular complexity index is 1640. The number of benzene rings is 4. The summed E-state index contributed by atoms with van der Waals surface area (Å²) >= 11 is 6.09. The summed E-state index contributed by atoms with van der Waals surface area (Å²) in [6.07, 6.45) is 1.74. The van der Waals surface area contributed by atoms with Crippen LogP contribution in [0.25, 0.3) is 0 Å². The summed E-state index contributed by atoms with van der Waals surface area (Å²) < 4.78 is 43.8. The third-order valence-electron chi connectivity index (χ3n) is 7.12. The first-order valence-electron chi connectivity index (χ1n) is 14.4. The second-order valence-electron chi connectivity index (χ2n) is 10.3. The Labute approximate surface area is 263 Å². The molecule has 0 aliphatic rings. The topological polar surface area (TPSA) is 86.8 Å². The number of unbranched alkanes of at least 4 members (excludes halogenated alkanes) is 1. The molecule has 44 heavy (non-hydrogen) atoms. The second-order valence-corrected chi connectivity index (χ2v) is 12.6. The van der Waals surface area contributed by atoms with Crippen LogP contribution < -0.4 is 9.62 Å². The normalized spacial score (nSPS) is 11.9. The van der Waals surface area contributed by atoms with Crippen LogP contribution >= 0.6 is 11.6 Å². The number of hydrogen-bond acceptors (Lipinski definition) is 4. The number of amides is 2. The maximum absolute atomic E-state index is 15.0. The molecule has 7 nitrogen and oxygen atoms in total. The molecule has 0 aliphatic carbocycles. The van der Waals surface area contributed by atoms with Gasteiger partial charge < -0.3 is 10.2 Å². The molecule has 0 saturated carbocycles. The van der Waals surface area contributed by atoms with Gasteiger partial charge in [-0.05, 0) is 54.4 Å². The van der Waals surface area contributed by atoms with Crippen LogP contribution in [0, 0.1) is 5.82 Å². The van der Waals surface area contributed by atoms with Crippen molar-refractivity contribution >= 4 is 39.1 Å². The van der Waals surface area contributed by atoms with Gasteiger partial charge in [0.25, 0.3) is 10.0 Å². The number of nitrogens with one attached hydrogen (secondary N) is 1. The van der Waals surface area contributed by atoms with Gasteiger partial charge in [-0.1, -0.05) is 91.7 Å². The lowest BCUT2D eigenvalue weighted by Gasteiger charge is -2.34. The van der Waals surface area contributed by atoms with Crippen molar-refractivity contribution in [3.05, 3.63) is 131 Å². The van der Waals surface area contributed by atoms with E-state index in [4.69, 9.17) is 11.6 Å². The average molecular weight is 636 g/mol. The average Bonchev–Trinajstić information content (AvgIpc) is 3.03. The Morgan fingerprint density at radius 2 is 1.48 bits per heavy atom. The van der Waals surface area contributed by atoms with E-state index in [9.17, 15) is 22.4 Å². The van der Waals surface area contributed by atoms with E-state index in [1.807, 2.05) is 37.3 Å². The number of halogens is 2. The number of hydrogen-bond donors (Lipinski definition) is 1. The highest BCUT2D eigenvalue weighted by molar-refractivity contribution is 7.92. The molecular weight excluding hydrogens is 601 g/mol. The van der Waals surface area contributed by atoms with Crippen molar-refractivity contribution < 1.29 is 22.4 Å². The first kappa shape index (κ1) is 32.7. The molecule has 0 spiro atoms. The van der Waals surface area contributed by atoms with Gasteiger partial charge in [-0.2, -0.15) is 0 Å². The van der Waals surface area contributed by atoms with Crippen LogP contribution in [0.3, 0.4) is 0 Å². The zero-order valence-corrected chi connectivity index (χ0v) is 26.0. The molecule has 1 atom stereocenters. The smallest absolute Gasteiger partial charge is 0.264 e. The van der Waals surface area contributed by atoms with Crippen molar-refractivity contribution in [3.63, 3.8) is 0 Å². The maximum Gasteiger partial charge on any atom is 0.264 e. The third-order valence-corrected chi connectivity index (χ3v) is 9.16. The van der Waals surface area contributed by atoms with E-state index in [1.54, 1.807) is 36.4 Å². The van der Waals surface area contributed by atoms with Crippen LogP contribution in [0.2, 0.25) is 5.02 Å². The molecular formula is C34H35ClFN3O4S. The predicted octanol–water partition coefficient (Wildman–Crippen LogP) is 6.23. The predicted molar refractivity (Wildman–Crippen MR) is 171 cm³/mol. The van der Waals surface area contributed by atoms with E-state index in [0.29, 0.717) is 11.6 Å². The summed E-state index contributed by atoms with van der Waals surface area (Å²) in [7, 11) is -4.23. The van der Waals surface area contributed by atoms with Crippen LogP contribution in [-0.2, 0) is 32.6 Å². The lowest BCUT2D eigenvalue weighted by Crippen LogP contribution is -2.53. The Hall–Kier alpha value is -4.21. The molecule has 0 bridgehead atoms. The Kier molecular flexibility index (Phi) is 11.5. The lowest BCUT2D eigenvalue weighted by atomic mass is 10.0. The van der Waals surface area contributed by atoms with Crippen molar-refractivity contribution in [3.8, 4) is 0 Å². The summed E-state index contributed by atoms with van der Waals surface area (Å²) in [6, 6.07) is 28.0. The number of carbonyl (C=O) groups is 2. The van der Waals surface area contributed by atoms with Gasteiger partial charge in [0.2, 0.25) is 11.8 Å². The fraction of sp³-hybridized carbons (Fsp3) is 0.235. The van der Waals surface area contributed by atoms with Crippen molar-refractivity contribution in [1.29, 1.82) is 0 Å². The molecule has 0 aromatic heterocycles. The van der Waals surface area contributed by atoms with Crippen LogP contribution in [0.5, 0.6) is 0 Å². The van der Waals surface area contributed by atoms with E-state index in [-0.39, 0.29) is 29.1 Å². The first-order chi connectivity index (χ1) is 21.2. The summed E-state index contributed by atoms with van der Waals surface area (Å²) in [6.45, 7) is 1.52. The molecule has 0 radical (unpaired) electrons. The number of carbonyl (C=O) groups excluding carboxylic acids is 2. The standard InChI is InChI=1S/C34H35ClFN3O4S/c1-2-3-22-37-34(41)32(23-26-12-6-4-7-13-26)38(24-27-14-10-11-17-31(27)36)33(40)25-39(29-20-18-28(35)19-21-29)44(42,43)30-15-8-5-9-16-30/h4-21,32H,2-3,22-25H2,1H3,(H,37,41)/t32-/m1/s1. The SMILES string of the molecule is CCCCNC(=O)[C@@H](Cc1ccccc1)N(Cc1ccccc1F)C(=O)CN(c1ccc(Cl)cc1)S(=O)(=O)c1ccccc1. The van der Waals surface area contributed by atoms with E-state index >= 15 is 0 Å². The highest BCUT2D eigenvalue weighted by Crippen LogP contribution is 2.26. The van der Waals surface area contributed by atoms with Gasteiger partial charge in [0.15, 0.2) is 0 Å². The van der Waals surface area contributed by atoms with Gasteiger partial charge in [-0.25, -0.2) is 12.8 Å². The van der Waals surface area contributed by atoms with Crippen LogP contribution in [-0.4, -0.2) is 44.3 Å². The summed E-state index contributed by atoms with van der Waals surface area (Å²) in [5.74, 6) is -1.62. The third kappa shape index (κ3) is 8.45. The molecule has 0 heterocycles. The summed E-state index contributed by atoms with van der Waals surface area (Å²) in [5, 5.41) is 3.31. The fourth-order valence-corrected chi connectivity index (χ4v) is 6.29. The number of anilines is 1. The lowest BCUT2D eigenvalue weighted by molar-refractivity contribution is -0.140. The number of sulfonamides is 1. The molecule has 230 valence electrons. The highest BCUT2D eigenvalue weighted by atomic mass is 35.5. The van der Waals surface area contributed by atoms with Gasteiger partial charge in [0.05, 0.1) is 10.6 Å². The van der Waals surface area contributed by atoms with Crippen molar-refractivity contribution in [2.24, 2.45) is 0 Å². The molecule has 0 unspecified atom stereocenters. The first-order valence-corrected chi connectivity index (χ1v) is 16.2. The van der Waals surface area contributed by atoms with Crippen molar-refractivity contribution in [1.82, 2.24) is 10.2 Å². The molecule has 0 fully saturated rings. The van der Waals surface area contributed by atoms with E-state index < -0.39 is 40.2 Å². The molecule has 10 heteroatoms. The van der Waals surface area contributed by atoms with E-state index in [0.717, 1.165) is 22.7 Å². The summed E-state index contributed by atoms with van der Waals surface area (Å²) in [5.41, 5.74) is 1.20. The minimum Gasteiger partial charge on any atom is -0.354 e. The van der Waals surface area contributed by atoms with Crippen LogP contribution in [0.1, 0.15) is 30.9 Å². The van der Waals surface area contributed by atoms with Crippen molar-refractivity contribution in [2.45, 2.75) is 43.7 Å². The molecule has 1 N–H and O–H groups in total. The molecule has 2 amide bonds. The highest BCUT2D eigenvalue weighted by Gasteiger charge is 2.34. The number of rotatable bonds is 14. The zero-order valence-electron chi connectivity index (χ0n) is 24.4. The minimum absolute atomic E-state index is 0.0125. The molecule has 4 aromatic carbocycles. The van der Waals surface area contributed by atoms with Crippen LogP contribution in [0.15, 0.2) is 114 Å². The van der Waals surface area contributed by atoms with Crippen molar-refractivity contribution in [2.75, 3.05) is 17.4 Å². The monoisotopic (exact) mass is 635 g/mol. The fourth-order valence-electron chi connectivity index (χ4n) is 4.73. The Morgan fingerprint density at radius 1 is 0.864 bits per heavy atom. The van der Waals surface area contributed by atoms with Gasteiger partial charge in [0.1, 0.15) is 18.4 Å². The maximum atomic E-state index is 15.0. The molecule has 0 saturated heterocycles. The van der Waals surface area contributed by atoms with Gasteiger partial charge in [-0.15, -0.1) is 0 Å². The van der Waals surface area contributed by atoms with Crippen LogP contribution in [0.4, 0.5) is 10.1 Å². The number of nitrogens with zero attached hydrogens (tertiary/aromatic N) is 2.